The number of hydrogen-bond acceptors (Lipinski definition) is 11. The number of rotatable bonds is 11. The van der Waals surface area contributed by atoms with Gasteiger partial charge in [-0.2, -0.15) is 9.36 Å². The second-order valence-electron chi connectivity index (χ2n) is 8.04. The summed E-state index contributed by atoms with van der Waals surface area (Å²) in [6.07, 6.45) is 2.57. The van der Waals surface area contributed by atoms with Gasteiger partial charge in [-0.25, -0.2) is 13.9 Å². The molecule has 0 aromatic carbocycles. The third kappa shape index (κ3) is 6.90. The summed E-state index contributed by atoms with van der Waals surface area (Å²) in [5.41, 5.74) is 0.157. The Morgan fingerprint density at radius 2 is 2.05 bits per heavy atom. The van der Waals surface area contributed by atoms with Gasteiger partial charge in [-0.3, -0.25) is 19.6 Å². The fourth-order valence-electron chi connectivity index (χ4n) is 3.56. The molecule has 5 N–H and O–H groups in total. The molecule has 2 aromatic rings. The quantitative estimate of drug-likeness (QED) is 0.0451. The number of hydrogen-bond donors (Lipinski definition) is 5. The van der Waals surface area contributed by atoms with Crippen LogP contribution < -0.4 is 15.0 Å². The molecule has 16 nitrogen and oxygen atoms in total. The van der Waals surface area contributed by atoms with E-state index in [2.05, 4.69) is 19.8 Å². The average molecular weight is 601 g/mol. The van der Waals surface area contributed by atoms with Crippen LogP contribution >= 0.6 is 31.0 Å². The van der Waals surface area contributed by atoms with Gasteiger partial charge in [0.2, 0.25) is 22.6 Å². The summed E-state index contributed by atoms with van der Waals surface area (Å²) in [5, 5.41) is 16.5. The van der Waals surface area contributed by atoms with E-state index in [-0.39, 0.29) is 30.0 Å². The van der Waals surface area contributed by atoms with Crippen molar-refractivity contribution in [3.8, 4) is 0 Å². The Kier molecular flexibility index (Phi) is 8.81. The van der Waals surface area contributed by atoms with Crippen LogP contribution in [0.2, 0.25) is 0 Å². The Hall–Kier alpha value is -3.57. The number of aromatic nitrogens is 3. The highest BCUT2D eigenvalue weighted by molar-refractivity contribution is 8.00. The Morgan fingerprint density at radius 1 is 1.31 bits per heavy atom. The highest BCUT2D eigenvalue weighted by atomic mass is 32.2. The fraction of sp³-hybridized carbons (Fsp3) is 0.350. The first kappa shape index (κ1) is 28.4. The number of thioether (sulfide) groups is 1. The molecule has 2 atom stereocenters. The molecule has 4 rings (SSSR count). The van der Waals surface area contributed by atoms with Gasteiger partial charge in [0.25, 0.3) is 11.8 Å². The van der Waals surface area contributed by atoms with Crippen molar-refractivity contribution < 1.29 is 48.0 Å². The number of carbonyl (C=O) groups is 3. The zero-order valence-corrected chi connectivity index (χ0v) is 22.7. The number of ether oxygens (including phenoxy) is 1. The lowest BCUT2D eigenvalue weighted by Gasteiger charge is -2.48. The van der Waals surface area contributed by atoms with E-state index in [0.717, 1.165) is 0 Å². The van der Waals surface area contributed by atoms with Crippen molar-refractivity contribution in [1.29, 1.82) is 0 Å². The number of fused-ring (bicyclic) bond motifs is 1. The normalized spacial score (nSPS) is 19.2. The molecule has 4 heterocycles. The van der Waals surface area contributed by atoms with E-state index in [1.165, 1.54) is 16.7 Å². The number of β-lactam (4-membered cyclic amide) rings is 1. The van der Waals surface area contributed by atoms with Crippen molar-refractivity contribution in [2.75, 3.05) is 17.4 Å². The van der Waals surface area contributed by atoms with E-state index in [9.17, 15) is 24.1 Å². The SMILES string of the molecule is CCCON=C(C(=O)NC1C(=O)N2C(OC(=O)O)=C(C[n+]3ccccc3)CS[C@@H]12)c1nsc(NP(=O)(O)O)n1. The summed E-state index contributed by atoms with van der Waals surface area (Å²) >= 11 is 1.90. The number of carbonyl (C=O) groups excluding carboxylic acids is 2. The van der Waals surface area contributed by atoms with Crippen LogP contribution in [0.3, 0.4) is 0 Å². The molecule has 0 aliphatic carbocycles. The molecule has 19 heteroatoms. The number of carboxylic acid groups (broad SMARTS) is 1. The van der Waals surface area contributed by atoms with Crippen molar-refractivity contribution >= 4 is 59.9 Å². The van der Waals surface area contributed by atoms with Crippen molar-refractivity contribution in [2.24, 2.45) is 5.16 Å². The van der Waals surface area contributed by atoms with E-state index in [0.29, 0.717) is 29.3 Å². The molecule has 208 valence electrons. The zero-order chi connectivity index (χ0) is 28.2. The van der Waals surface area contributed by atoms with Crippen LogP contribution in [-0.2, 0) is 30.3 Å². The minimum absolute atomic E-state index is 0.104. The highest BCUT2D eigenvalue weighted by Gasteiger charge is 2.54. The number of anilines is 1. The maximum Gasteiger partial charge on any atom is 0.512 e. The van der Waals surface area contributed by atoms with Gasteiger partial charge in [-0.1, -0.05) is 18.1 Å². The molecular formula is C20H23N7O9PS2+. The average Bonchev–Trinajstić information content (AvgIpc) is 3.32. The molecule has 39 heavy (non-hydrogen) atoms. The Labute approximate surface area is 229 Å². The summed E-state index contributed by atoms with van der Waals surface area (Å²) in [6.45, 7) is 2.26. The lowest BCUT2D eigenvalue weighted by molar-refractivity contribution is -0.689. The minimum Gasteiger partial charge on any atom is -0.449 e. The maximum absolute atomic E-state index is 13.1. The monoisotopic (exact) mass is 600 g/mol. The van der Waals surface area contributed by atoms with Crippen molar-refractivity contribution in [2.45, 2.75) is 31.3 Å². The van der Waals surface area contributed by atoms with Gasteiger partial charge in [0, 0.05) is 29.4 Å². The van der Waals surface area contributed by atoms with Crippen LogP contribution in [0.25, 0.3) is 0 Å². The first-order chi connectivity index (χ1) is 18.6. The van der Waals surface area contributed by atoms with Gasteiger partial charge < -0.3 is 29.8 Å². The van der Waals surface area contributed by atoms with Gasteiger partial charge in [-0.05, 0) is 6.42 Å². The molecule has 0 saturated carbocycles. The van der Waals surface area contributed by atoms with E-state index in [4.69, 9.17) is 19.4 Å². The van der Waals surface area contributed by atoms with Crippen molar-refractivity contribution in [3.63, 3.8) is 0 Å². The Bertz CT molecular complexity index is 1360. The minimum atomic E-state index is -4.67. The molecule has 1 unspecified atom stereocenters. The molecule has 0 spiro atoms. The van der Waals surface area contributed by atoms with Gasteiger partial charge >= 0.3 is 13.9 Å². The standard InChI is InChI=1S/C20H22N7O9PS2/c1-2-8-35-23-12(14-22-19(39-25-14)24-37(32,33)34)15(28)21-13-16(29)27-17(36-20(30)31)11(10-38-18(13)27)9-26-6-4-3-5-7-26/h3-7,13,18H,2,8-10H2,1H3,(H4-,21,22,24,25,28,30,31,32,33,34)/p+1/t13?,18-/m0/s1. The molecular weight excluding hydrogens is 577 g/mol. The van der Waals surface area contributed by atoms with Gasteiger partial charge in [0.15, 0.2) is 18.9 Å². The van der Waals surface area contributed by atoms with E-state index < -0.39 is 42.8 Å². The van der Waals surface area contributed by atoms with Gasteiger partial charge in [0.1, 0.15) is 18.0 Å². The summed E-state index contributed by atoms with van der Waals surface area (Å²) in [6, 6.07) is 4.40. The predicted molar refractivity (Wildman–Crippen MR) is 136 cm³/mol. The van der Waals surface area contributed by atoms with Crippen LogP contribution in [0.15, 0.2) is 47.2 Å². The molecule has 2 aliphatic rings. The van der Waals surface area contributed by atoms with Crippen molar-refractivity contribution in [1.82, 2.24) is 19.6 Å². The van der Waals surface area contributed by atoms with Crippen LogP contribution in [0, 0.1) is 0 Å². The molecule has 0 radical (unpaired) electrons. The van der Waals surface area contributed by atoms with E-state index in [1.54, 1.807) is 17.0 Å². The lowest BCUT2D eigenvalue weighted by atomic mass is 10.1. The largest absolute Gasteiger partial charge is 0.512 e. The molecule has 0 bridgehead atoms. The molecule has 1 saturated heterocycles. The van der Waals surface area contributed by atoms with Crippen LogP contribution in [-0.4, -0.2) is 76.6 Å². The van der Waals surface area contributed by atoms with E-state index in [1.807, 2.05) is 30.2 Å². The first-order valence-corrected chi connectivity index (χ1v) is 14.7. The zero-order valence-electron chi connectivity index (χ0n) is 20.2. The summed E-state index contributed by atoms with van der Waals surface area (Å²) in [4.78, 5) is 66.0. The third-order valence-electron chi connectivity index (χ3n) is 5.16. The first-order valence-electron chi connectivity index (χ1n) is 11.3. The molecule has 2 aliphatic heterocycles. The third-order valence-corrected chi connectivity index (χ3v) is 7.78. The maximum atomic E-state index is 13.1. The number of amides is 2. The number of nitrogens with one attached hydrogen (secondary N) is 2. The molecule has 1 fully saturated rings. The Morgan fingerprint density at radius 3 is 2.72 bits per heavy atom. The topological polar surface area (TPSA) is 217 Å². The van der Waals surface area contributed by atoms with Crippen LogP contribution in [0.1, 0.15) is 19.2 Å². The van der Waals surface area contributed by atoms with Crippen LogP contribution in [0.4, 0.5) is 9.93 Å². The molecule has 2 amide bonds. The Balaban J connectivity index is 1.53. The predicted octanol–water partition coefficient (Wildman–Crippen LogP) is 0.467. The number of pyridine rings is 1. The number of nitrogens with zero attached hydrogens (tertiary/aromatic N) is 5. The summed E-state index contributed by atoms with van der Waals surface area (Å²) in [7, 11) is -4.67. The summed E-state index contributed by atoms with van der Waals surface area (Å²) in [5.74, 6) is -1.53. The van der Waals surface area contributed by atoms with E-state index >= 15 is 0 Å². The molecule has 2 aromatic heterocycles. The lowest BCUT2D eigenvalue weighted by Crippen LogP contribution is -2.70. The summed E-state index contributed by atoms with van der Waals surface area (Å²) < 4.78 is 21.9. The second-order valence-corrected chi connectivity index (χ2v) is 11.2. The van der Waals surface area contributed by atoms with Gasteiger partial charge in [0.05, 0.1) is 5.57 Å². The van der Waals surface area contributed by atoms with Crippen molar-refractivity contribution in [3.05, 3.63) is 47.9 Å². The second kappa shape index (κ2) is 12.1. The fourth-order valence-corrected chi connectivity index (χ4v) is 6.12. The van der Waals surface area contributed by atoms with Gasteiger partial charge in [-0.15, -0.1) is 11.8 Å². The highest BCUT2D eigenvalue weighted by Crippen LogP contribution is 2.41. The number of oxime groups is 1. The van der Waals surface area contributed by atoms with Crippen LogP contribution in [0.5, 0.6) is 0 Å². The smallest absolute Gasteiger partial charge is 0.449 e.